The van der Waals surface area contributed by atoms with Crippen LogP contribution in [0.5, 0.6) is 0 Å². The van der Waals surface area contributed by atoms with Gasteiger partial charge >= 0.3 is 0 Å². The van der Waals surface area contributed by atoms with Gasteiger partial charge in [-0.1, -0.05) is 24.4 Å². The zero-order valence-corrected chi connectivity index (χ0v) is 9.00. The zero-order valence-electron chi connectivity index (χ0n) is 8.24. The van der Waals surface area contributed by atoms with Crippen molar-refractivity contribution in [1.29, 1.82) is 0 Å². The zero-order chi connectivity index (χ0) is 10.3. The predicted octanol–water partition coefficient (Wildman–Crippen LogP) is 3.53. The van der Waals surface area contributed by atoms with E-state index in [0.29, 0.717) is 22.2 Å². The van der Waals surface area contributed by atoms with Gasteiger partial charge in [-0.15, -0.1) is 0 Å². The van der Waals surface area contributed by atoms with Crippen LogP contribution in [0.4, 0.5) is 0 Å². The molecule has 0 saturated heterocycles. The Morgan fingerprint density at radius 1 is 1.33 bits per heavy atom. The molecule has 1 aliphatic carbocycles. The van der Waals surface area contributed by atoms with Crippen molar-refractivity contribution in [2.75, 3.05) is 0 Å². The quantitative estimate of drug-likeness (QED) is 0.741. The Hall–Kier alpha value is -1.09. The fourth-order valence-electron chi connectivity index (χ4n) is 2.17. The molecule has 1 aliphatic rings. The average Bonchev–Trinajstić information content (AvgIpc) is 2.86. The van der Waals surface area contributed by atoms with Crippen molar-refractivity contribution in [3.05, 3.63) is 23.2 Å². The van der Waals surface area contributed by atoms with Crippen molar-refractivity contribution in [2.45, 2.75) is 31.6 Å². The standard InChI is InChI=1S/C11H11ClN2O/c12-8-5-6-13-11-9(8)14-10(15-11)7-3-1-2-4-7/h5-7H,1-4H2. The van der Waals surface area contributed by atoms with E-state index in [1.165, 1.54) is 25.7 Å². The fraction of sp³-hybridized carbons (Fsp3) is 0.455. The summed E-state index contributed by atoms with van der Waals surface area (Å²) < 4.78 is 5.63. The Kier molecular flexibility index (Phi) is 2.13. The van der Waals surface area contributed by atoms with E-state index in [1.54, 1.807) is 12.3 Å². The number of fused-ring (bicyclic) bond motifs is 1. The first-order chi connectivity index (χ1) is 7.34. The fourth-order valence-corrected chi connectivity index (χ4v) is 2.35. The molecule has 0 radical (unpaired) electrons. The molecule has 2 heterocycles. The Morgan fingerprint density at radius 3 is 2.87 bits per heavy atom. The molecule has 0 N–H and O–H groups in total. The van der Waals surface area contributed by atoms with Crippen molar-refractivity contribution in [3.8, 4) is 0 Å². The van der Waals surface area contributed by atoms with E-state index in [1.807, 2.05) is 0 Å². The van der Waals surface area contributed by atoms with Gasteiger partial charge in [-0.3, -0.25) is 0 Å². The van der Waals surface area contributed by atoms with Crippen molar-refractivity contribution in [1.82, 2.24) is 9.97 Å². The maximum absolute atomic E-state index is 6.01. The molecule has 0 bridgehead atoms. The van der Waals surface area contributed by atoms with Crippen molar-refractivity contribution < 1.29 is 4.42 Å². The molecular formula is C11H11ClN2O. The second kappa shape index (κ2) is 3.49. The van der Waals surface area contributed by atoms with Gasteiger partial charge in [0.2, 0.25) is 11.6 Å². The highest BCUT2D eigenvalue weighted by atomic mass is 35.5. The number of oxazole rings is 1. The number of rotatable bonds is 1. The minimum atomic E-state index is 0.468. The van der Waals surface area contributed by atoms with E-state index >= 15 is 0 Å². The highest BCUT2D eigenvalue weighted by Gasteiger charge is 2.23. The molecule has 78 valence electrons. The first kappa shape index (κ1) is 9.16. The third kappa shape index (κ3) is 1.51. The molecule has 0 spiro atoms. The van der Waals surface area contributed by atoms with Gasteiger partial charge in [-0.05, 0) is 18.9 Å². The van der Waals surface area contributed by atoms with Gasteiger partial charge in [0.05, 0.1) is 5.02 Å². The summed E-state index contributed by atoms with van der Waals surface area (Å²) in [6.07, 6.45) is 6.53. The minimum Gasteiger partial charge on any atom is -0.422 e. The molecule has 0 amide bonds. The van der Waals surface area contributed by atoms with Gasteiger partial charge in [-0.2, -0.15) is 0 Å². The van der Waals surface area contributed by atoms with Gasteiger partial charge in [0.15, 0.2) is 0 Å². The SMILES string of the molecule is Clc1ccnc2oc(C3CCCC3)nc12. The molecule has 0 atom stereocenters. The van der Waals surface area contributed by atoms with Crippen molar-refractivity contribution in [3.63, 3.8) is 0 Å². The number of hydrogen-bond donors (Lipinski definition) is 0. The molecule has 0 unspecified atom stereocenters. The van der Waals surface area contributed by atoms with E-state index in [0.717, 1.165) is 5.89 Å². The molecule has 0 aromatic carbocycles. The number of pyridine rings is 1. The summed E-state index contributed by atoms with van der Waals surface area (Å²) in [5.74, 6) is 1.28. The van der Waals surface area contributed by atoms with E-state index in [4.69, 9.17) is 16.0 Å². The average molecular weight is 223 g/mol. The van der Waals surface area contributed by atoms with Gasteiger partial charge < -0.3 is 4.42 Å². The molecule has 2 aromatic heterocycles. The lowest BCUT2D eigenvalue weighted by molar-refractivity contribution is 0.469. The molecule has 3 rings (SSSR count). The van der Waals surface area contributed by atoms with Crippen LogP contribution >= 0.6 is 11.6 Å². The Morgan fingerprint density at radius 2 is 2.13 bits per heavy atom. The van der Waals surface area contributed by atoms with Gasteiger partial charge in [0, 0.05) is 12.1 Å². The van der Waals surface area contributed by atoms with Gasteiger partial charge in [0.1, 0.15) is 5.52 Å². The number of aromatic nitrogens is 2. The van der Waals surface area contributed by atoms with Crippen LogP contribution in [0.1, 0.15) is 37.5 Å². The van der Waals surface area contributed by atoms with Crippen LogP contribution in [0, 0.1) is 0 Å². The van der Waals surface area contributed by atoms with E-state index < -0.39 is 0 Å². The number of nitrogens with zero attached hydrogens (tertiary/aromatic N) is 2. The molecule has 1 fully saturated rings. The largest absolute Gasteiger partial charge is 0.422 e. The summed E-state index contributed by atoms with van der Waals surface area (Å²) in [6.45, 7) is 0. The summed E-state index contributed by atoms with van der Waals surface area (Å²) in [6, 6.07) is 1.74. The van der Waals surface area contributed by atoms with E-state index in [9.17, 15) is 0 Å². The second-order valence-electron chi connectivity index (χ2n) is 3.98. The predicted molar refractivity (Wildman–Crippen MR) is 58.0 cm³/mol. The van der Waals surface area contributed by atoms with Crippen LogP contribution in [0.25, 0.3) is 11.2 Å². The van der Waals surface area contributed by atoms with Gasteiger partial charge in [-0.25, -0.2) is 9.97 Å². The topological polar surface area (TPSA) is 38.9 Å². The first-order valence-corrected chi connectivity index (χ1v) is 5.63. The van der Waals surface area contributed by atoms with Crippen LogP contribution in [0.15, 0.2) is 16.7 Å². The Labute approximate surface area is 92.5 Å². The van der Waals surface area contributed by atoms with Crippen molar-refractivity contribution in [2.24, 2.45) is 0 Å². The third-order valence-electron chi connectivity index (χ3n) is 2.97. The third-order valence-corrected chi connectivity index (χ3v) is 3.27. The van der Waals surface area contributed by atoms with Crippen molar-refractivity contribution >= 4 is 22.8 Å². The second-order valence-corrected chi connectivity index (χ2v) is 4.39. The molecule has 0 aliphatic heterocycles. The summed E-state index contributed by atoms with van der Waals surface area (Å²) in [4.78, 5) is 8.55. The van der Waals surface area contributed by atoms with Crippen LogP contribution in [0.3, 0.4) is 0 Å². The number of hydrogen-bond acceptors (Lipinski definition) is 3. The molecule has 4 heteroatoms. The molecule has 1 saturated carbocycles. The molecule has 15 heavy (non-hydrogen) atoms. The molecule has 3 nitrogen and oxygen atoms in total. The lowest BCUT2D eigenvalue weighted by atomic mass is 10.1. The lowest BCUT2D eigenvalue weighted by Gasteiger charge is -2.00. The normalized spacial score (nSPS) is 17.7. The minimum absolute atomic E-state index is 0.468. The lowest BCUT2D eigenvalue weighted by Crippen LogP contribution is -1.90. The summed E-state index contributed by atoms with van der Waals surface area (Å²) in [5.41, 5.74) is 1.26. The Balaban J connectivity index is 2.09. The maximum atomic E-state index is 6.01. The first-order valence-electron chi connectivity index (χ1n) is 5.25. The molecule has 2 aromatic rings. The number of halogens is 1. The monoisotopic (exact) mass is 222 g/mol. The van der Waals surface area contributed by atoms with Crippen LogP contribution in [-0.4, -0.2) is 9.97 Å². The summed E-state index contributed by atoms with van der Waals surface area (Å²) in [7, 11) is 0. The van der Waals surface area contributed by atoms with E-state index in [2.05, 4.69) is 9.97 Å². The summed E-state index contributed by atoms with van der Waals surface area (Å²) in [5, 5.41) is 0.619. The van der Waals surface area contributed by atoms with Crippen LogP contribution in [0.2, 0.25) is 5.02 Å². The summed E-state index contributed by atoms with van der Waals surface area (Å²) >= 11 is 6.01. The highest BCUT2D eigenvalue weighted by Crippen LogP contribution is 2.35. The molecular weight excluding hydrogens is 212 g/mol. The van der Waals surface area contributed by atoms with Crippen LogP contribution in [-0.2, 0) is 0 Å². The smallest absolute Gasteiger partial charge is 0.248 e. The van der Waals surface area contributed by atoms with E-state index in [-0.39, 0.29) is 0 Å². The Bertz CT molecular complexity index is 488. The van der Waals surface area contributed by atoms with Crippen LogP contribution < -0.4 is 0 Å². The highest BCUT2D eigenvalue weighted by molar-refractivity contribution is 6.34. The maximum Gasteiger partial charge on any atom is 0.248 e. The van der Waals surface area contributed by atoms with Gasteiger partial charge in [0.25, 0.3) is 0 Å².